The van der Waals surface area contributed by atoms with Crippen LogP contribution < -0.4 is 5.32 Å². The van der Waals surface area contributed by atoms with Crippen molar-refractivity contribution in [3.63, 3.8) is 0 Å². The predicted octanol–water partition coefficient (Wildman–Crippen LogP) is 2.63. The zero-order valence-corrected chi connectivity index (χ0v) is 10.9. The molecule has 0 saturated carbocycles. The lowest BCUT2D eigenvalue weighted by molar-refractivity contribution is 0.734. The van der Waals surface area contributed by atoms with Crippen LogP contribution in [0.25, 0.3) is 11.4 Å². The molecule has 0 atom stereocenters. The molecule has 18 heavy (non-hydrogen) atoms. The summed E-state index contributed by atoms with van der Waals surface area (Å²) in [5.74, 6) is 1.98. The number of nitrogens with one attached hydrogen (secondary N) is 1. The molecule has 0 aliphatic carbocycles. The lowest BCUT2D eigenvalue weighted by Crippen LogP contribution is -2.13. The highest BCUT2D eigenvalue weighted by Crippen LogP contribution is 2.31. The first-order valence-corrected chi connectivity index (χ1v) is 6.57. The van der Waals surface area contributed by atoms with Gasteiger partial charge in [0.1, 0.15) is 5.82 Å². The highest BCUT2D eigenvalue weighted by molar-refractivity contribution is 5.71. The summed E-state index contributed by atoms with van der Waals surface area (Å²) in [6.45, 7) is 6.11. The molecule has 1 aromatic heterocycles. The highest BCUT2D eigenvalue weighted by Gasteiger charge is 2.17. The average Bonchev–Trinajstić information content (AvgIpc) is 2.79. The number of fused-ring (bicyclic) bond motifs is 1. The second-order valence-corrected chi connectivity index (χ2v) is 4.68. The third-order valence-corrected chi connectivity index (χ3v) is 3.59. The van der Waals surface area contributed by atoms with E-state index in [1.807, 2.05) is 6.92 Å². The largest absolute Gasteiger partial charge is 0.385 e. The molecule has 1 aliphatic heterocycles. The zero-order chi connectivity index (χ0) is 12.5. The van der Waals surface area contributed by atoms with E-state index in [2.05, 4.69) is 45.2 Å². The molecule has 94 valence electrons. The summed E-state index contributed by atoms with van der Waals surface area (Å²) in [5.41, 5.74) is 3.86. The van der Waals surface area contributed by atoms with Crippen LogP contribution in [0.1, 0.15) is 24.7 Å². The Bertz CT molecular complexity index is 571. The van der Waals surface area contributed by atoms with Gasteiger partial charge in [-0.1, -0.05) is 12.1 Å². The lowest BCUT2D eigenvalue weighted by atomic mass is 9.97. The lowest BCUT2D eigenvalue weighted by Gasteiger charge is -2.20. The van der Waals surface area contributed by atoms with E-state index >= 15 is 0 Å². The molecule has 0 bridgehead atoms. The number of aromatic nitrogens is 3. The molecule has 0 radical (unpaired) electrons. The van der Waals surface area contributed by atoms with Crippen LogP contribution in [0.4, 0.5) is 5.69 Å². The van der Waals surface area contributed by atoms with E-state index in [9.17, 15) is 0 Å². The topological polar surface area (TPSA) is 42.7 Å². The Morgan fingerprint density at radius 1 is 1.33 bits per heavy atom. The molecule has 3 rings (SSSR count). The summed E-state index contributed by atoms with van der Waals surface area (Å²) in [4.78, 5) is 0. The smallest absolute Gasteiger partial charge is 0.164 e. The fourth-order valence-corrected chi connectivity index (χ4v) is 2.68. The standard InChI is InChI=1S/C14H18N4/c1-3-18-10(2)16-17-14(18)12-6-4-8-13-11(12)7-5-9-15-13/h4,6,8,15H,3,5,7,9H2,1-2H3. The number of anilines is 1. The van der Waals surface area contributed by atoms with Crippen LogP contribution in [0.15, 0.2) is 18.2 Å². The molecule has 0 saturated heterocycles. The van der Waals surface area contributed by atoms with E-state index in [1.54, 1.807) is 0 Å². The molecule has 2 heterocycles. The van der Waals surface area contributed by atoms with E-state index in [4.69, 9.17) is 0 Å². The van der Waals surface area contributed by atoms with Gasteiger partial charge >= 0.3 is 0 Å². The van der Waals surface area contributed by atoms with Gasteiger partial charge in [0.15, 0.2) is 5.82 Å². The van der Waals surface area contributed by atoms with Crippen LogP contribution in [0, 0.1) is 6.92 Å². The van der Waals surface area contributed by atoms with Crippen molar-refractivity contribution < 1.29 is 0 Å². The normalized spacial score (nSPS) is 14.1. The number of hydrogen-bond donors (Lipinski definition) is 1. The van der Waals surface area contributed by atoms with Crippen molar-refractivity contribution in [1.29, 1.82) is 0 Å². The van der Waals surface area contributed by atoms with Gasteiger partial charge in [0.05, 0.1) is 0 Å². The van der Waals surface area contributed by atoms with E-state index in [-0.39, 0.29) is 0 Å². The Labute approximate surface area is 107 Å². The molecular weight excluding hydrogens is 224 g/mol. The van der Waals surface area contributed by atoms with E-state index in [1.165, 1.54) is 23.2 Å². The Kier molecular flexibility index (Phi) is 2.78. The third-order valence-electron chi connectivity index (χ3n) is 3.59. The van der Waals surface area contributed by atoms with Gasteiger partial charge in [0.25, 0.3) is 0 Å². The van der Waals surface area contributed by atoms with Gasteiger partial charge in [0.2, 0.25) is 0 Å². The SMILES string of the molecule is CCn1c(C)nnc1-c1cccc2c1CCCN2. The minimum Gasteiger partial charge on any atom is -0.385 e. The van der Waals surface area contributed by atoms with Crippen molar-refractivity contribution in [2.75, 3.05) is 11.9 Å². The molecule has 1 N–H and O–H groups in total. The number of benzene rings is 1. The molecule has 0 unspecified atom stereocenters. The number of nitrogens with zero attached hydrogens (tertiary/aromatic N) is 3. The maximum Gasteiger partial charge on any atom is 0.164 e. The first kappa shape index (κ1) is 11.3. The van der Waals surface area contributed by atoms with Crippen molar-refractivity contribution in [3.8, 4) is 11.4 Å². The summed E-state index contributed by atoms with van der Waals surface area (Å²) in [5, 5.41) is 12.0. The third kappa shape index (κ3) is 1.68. The summed E-state index contributed by atoms with van der Waals surface area (Å²) in [7, 11) is 0. The Balaban J connectivity index is 2.17. The Morgan fingerprint density at radius 2 is 2.22 bits per heavy atom. The van der Waals surface area contributed by atoms with Crippen molar-refractivity contribution in [1.82, 2.24) is 14.8 Å². The molecule has 4 nitrogen and oxygen atoms in total. The maximum absolute atomic E-state index is 4.35. The summed E-state index contributed by atoms with van der Waals surface area (Å²) >= 11 is 0. The van der Waals surface area contributed by atoms with Gasteiger partial charge in [-0.3, -0.25) is 0 Å². The molecule has 1 aliphatic rings. The van der Waals surface area contributed by atoms with Crippen LogP contribution in [0.5, 0.6) is 0 Å². The first-order chi connectivity index (χ1) is 8.81. The van der Waals surface area contributed by atoms with Crippen molar-refractivity contribution in [2.24, 2.45) is 0 Å². The van der Waals surface area contributed by atoms with Gasteiger partial charge in [-0.2, -0.15) is 0 Å². The first-order valence-electron chi connectivity index (χ1n) is 6.57. The quantitative estimate of drug-likeness (QED) is 0.880. The minimum absolute atomic E-state index is 0.908. The van der Waals surface area contributed by atoms with Gasteiger partial charge < -0.3 is 9.88 Å². The molecule has 0 amide bonds. The summed E-state index contributed by atoms with van der Waals surface area (Å²) < 4.78 is 2.17. The van der Waals surface area contributed by atoms with Crippen LogP contribution in [0.2, 0.25) is 0 Å². The van der Waals surface area contributed by atoms with Gasteiger partial charge in [-0.25, -0.2) is 0 Å². The minimum atomic E-state index is 0.908. The molecule has 1 aromatic carbocycles. The van der Waals surface area contributed by atoms with E-state index in [0.717, 1.165) is 31.2 Å². The molecule has 0 spiro atoms. The van der Waals surface area contributed by atoms with Gasteiger partial charge in [0, 0.05) is 24.3 Å². The van der Waals surface area contributed by atoms with Crippen molar-refractivity contribution in [2.45, 2.75) is 33.2 Å². The monoisotopic (exact) mass is 242 g/mol. The summed E-state index contributed by atoms with van der Waals surface area (Å²) in [6, 6.07) is 6.40. The summed E-state index contributed by atoms with van der Waals surface area (Å²) in [6.07, 6.45) is 2.30. The van der Waals surface area contributed by atoms with Crippen LogP contribution >= 0.6 is 0 Å². The molecule has 0 fully saturated rings. The van der Waals surface area contributed by atoms with Crippen molar-refractivity contribution >= 4 is 5.69 Å². The van der Waals surface area contributed by atoms with E-state index < -0.39 is 0 Å². The van der Waals surface area contributed by atoms with Crippen LogP contribution in [-0.4, -0.2) is 21.3 Å². The van der Waals surface area contributed by atoms with Crippen LogP contribution in [0.3, 0.4) is 0 Å². The molecular formula is C14H18N4. The van der Waals surface area contributed by atoms with Crippen LogP contribution in [-0.2, 0) is 13.0 Å². The average molecular weight is 242 g/mol. The molecule has 4 heteroatoms. The van der Waals surface area contributed by atoms with Crippen molar-refractivity contribution in [3.05, 3.63) is 29.6 Å². The predicted molar refractivity (Wildman–Crippen MR) is 72.7 cm³/mol. The fourth-order valence-electron chi connectivity index (χ4n) is 2.68. The number of rotatable bonds is 2. The van der Waals surface area contributed by atoms with E-state index in [0.29, 0.717) is 0 Å². The maximum atomic E-state index is 4.35. The Hall–Kier alpha value is -1.84. The highest BCUT2D eigenvalue weighted by atomic mass is 15.3. The zero-order valence-electron chi connectivity index (χ0n) is 10.9. The second-order valence-electron chi connectivity index (χ2n) is 4.68. The second kappa shape index (κ2) is 4.44. The van der Waals surface area contributed by atoms with Gasteiger partial charge in [-0.05, 0) is 38.3 Å². The molecule has 2 aromatic rings. The van der Waals surface area contributed by atoms with Gasteiger partial charge in [-0.15, -0.1) is 10.2 Å². The number of hydrogen-bond acceptors (Lipinski definition) is 3. The Morgan fingerprint density at radius 3 is 3.06 bits per heavy atom. The fraction of sp³-hybridized carbons (Fsp3) is 0.429. The number of aryl methyl sites for hydroxylation is 1.